The molecule has 0 amide bonds. The highest BCUT2D eigenvalue weighted by Crippen LogP contribution is 2.31. The van der Waals surface area contributed by atoms with Crippen molar-refractivity contribution in [2.24, 2.45) is 0 Å². The fourth-order valence-corrected chi connectivity index (χ4v) is 2.02. The standard InChI is InChI=1S/C7H3Br2ClF2/c8-4-1-5(11)7(12)3(2-10)6(4)9/h1H,2H2. The zero-order valence-electron chi connectivity index (χ0n) is 5.67. The average Bonchev–Trinajstić information content (AvgIpc) is 2.02. The molecule has 0 nitrogen and oxygen atoms in total. The van der Waals surface area contributed by atoms with Crippen molar-refractivity contribution in [1.82, 2.24) is 0 Å². The molecule has 0 radical (unpaired) electrons. The van der Waals surface area contributed by atoms with Gasteiger partial charge in [-0.25, -0.2) is 8.78 Å². The van der Waals surface area contributed by atoms with Crippen LogP contribution in [0.25, 0.3) is 0 Å². The lowest BCUT2D eigenvalue weighted by Crippen LogP contribution is -1.94. The van der Waals surface area contributed by atoms with E-state index < -0.39 is 11.6 Å². The Morgan fingerprint density at radius 2 is 1.92 bits per heavy atom. The van der Waals surface area contributed by atoms with E-state index in [1.54, 1.807) is 0 Å². The molecule has 12 heavy (non-hydrogen) atoms. The van der Waals surface area contributed by atoms with E-state index in [-0.39, 0.29) is 11.4 Å². The van der Waals surface area contributed by atoms with Crippen LogP contribution in [0.15, 0.2) is 15.0 Å². The van der Waals surface area contributed by atoms with Gasteiger partial charge in [-0.3, -0.25) is 0 Å². The molecule has 66 valence electrons. The first kappa shape index (κ1) is 10.4. The fraction of sp³-hybridized carbons (Fsp3) is 0.143. The van der Waals surface area contributed by atoms with Crippen LogP contribution < -0.4 is 0 Å². The van der Waals surface area contributed by atoms with Crippen molar-refractivity contribution in [3.05, 3.63) is 32.2 Å². The summed E-state index contributed by atoms with van der Waals surface area (Å²) in [4.78, 5) is 0. The maximum Gasteiger partial charge on any atom is 0.164 e. The lowest BCUT2D eigenvalue weighted by Gasteiger charge is -2.04. The molecule has 0 aliphatic heterocycles. The van der Waals surface area contributed by atoms with Gasteiger partial charge < -0.3 is 0 Å². The first-order chi connectivity index (χ1) is 5.57. The Morgan fingerprint density at radius 1 is 1.33 bits per heavy atom. The average molecular weight is 320 g/mol. The summed E-state index contributed by atoms with van der Waals surface area (Å²) in [6.07, 6.45) is 0. The summed E-state index contributed by atoms with van der Waals surface area (Å²) in [6.45, 7) is 0. The number of alkyl halides is 1. The van der Waals surface area contributed by atoms with E-state index in [9.17, 15) is 8.78 Å². The Labute approximate surface area is 90.2 Å². The second-order valence-corrected chi connectivity index (χ2v) is 3.99. The Bertz CT molecular complexity index is 289. The van der Waals surface area contributed by atoms with Crippen molar-refractivity contribution in [3.8, 4) is 0 Å². The van der Waals surface area contributed by atoms with Crippen molar-refractivity contribution in [3.63, 3.8) is 0 Å². The van der Waals surface area contributed by atoms with Gasteiger partial charge in [-0.05, 0) is 37.9 Å². The van der Waals surface area contributed by atoms with Gasteiger partial charge in [-0.15, -0.1) is 11.6 Å². The van der Waals surface area contributed by atoms with E-state index in [0.717, 1.165) is 6.07 Å². The molecule has 0 saturated carbocycles. The molecule has 0 fully saturated rings. The summed E-state index contributed by atoms with van der Waals surface area (Å²) in [7, 11) is 0. The summed E-state index contributed by atoms with van der Waals surface area (Å²) in [5.74, 6) is -1.87. The third-order valence-electron chi connectivity index (χ3n) is 1.34. The van der Waals surface area contributed by atoms with E-state index in [1.807, 2.05) is 0 Å². The first-order valence-electron chi connectivity index (χ1n) is 2.95. The van der Waals surface area contributed by atoms with Crippen molar-refractivity contribution in [2.75, 3.05) is 0 Å². The summed E-state index contributed by atoms with van der Waals surface area (Å²) in [5, 5.41) is 0. The van der Waals surface area contributed by atoms with Gasteiger partial charge in [-0.2, -0.15) is 0 Å². The van der Waals surface area contributed by atoms with Gasteiger partial charge >= 0.3 is 0 Å². The van der Waals surface area contributed by atoms with Crippen LogP contribution in [0, 0.1) is 11.6 Å². The van der Waals surface area contributed by atoms with E-state index in [2.05, 4.69) is 31.9 Å². The number of rotatable bonds is 1. The van der Waals surface area contributed by atoms with Gasteiger partial charge in [0.1, 0.15) is 0 Å². The number of hydrogen-bond donors (Lipinski definition) is 0. The Morgan fingerprint density at radius 3 is 2.42 bits per heavy atom. The predicted molar refractivity (Wildman–Crippen MR) is 51.3 cm³/mol. The van der Waals surface area contributed by atoms with Gasteiger partial charge in [0.05, 0.1) is 5.88 Å². The van der Waals surface area contributed by atoms with Gasteiger partial charge in [0, 0.05) is 14.5 Å². The molecule has 0 atom stereocenters. The highest BCUT2D eigenvalue weighted by molar-refractivity contribution is 9.13. The summed E-state index contributed by atoms with van der Waals surface area (Å²) in [6, 6.07) is 1.05. The third kappa shape index (κ3) is 1.80. The molecule has 0 saturated heterocycles. The summed E-state index contributed by atoms with van der Waals surface area (Å²) >= 11 is 11.6. The molecule has 1 aromatic carbocycles. The maximum atomic E-state index is 12.9. The van der Waals surface area contributed by atoms with Gasteiger partial charge in [0.15, 0.2) is 11.6 Å². The van der Waals surface area contributed by atoms with Crippen LogP contribution >= 0.6 is 43.5 Å². The largest absolute Gasteiger partial charge is 0.204 e. The number of benzene rings is 1. The normalized spacial score (nSPS) is 10.4. The zero-order chi connectivity index (χ0) is 9.30. The molecule has 5 heteroatoms. The highest BCUT2D eigenvalue weighted by Gasteiger charge is 2.14. The Hall–Kier alpha value is 0.330. The maximum absolute atomic E-state index is 12.9. The lowest BCUT2D eigenvalue weighted by atomic mass is 10.2. The monoisotopic (exact) mass is 318 g/mol. The van der Waals surface area contributed by atoms with Crippen LogP contribution in [0.5, 0.6) is 0 Å². The molecular formula is C7H3Br2ClF2. The van der Waals surface area contributed by atoms with Gasteiger partial charge in [-0.1, -0.05) is 0 Å². The molecule has 1 rings (SSSR count). The van der Waals surface area contributed by atoms with Crippen LogP contribution in [0.1, 0.15) is 5.56 Å². The van der Waals surface area contributed by atoms with Crippen LogP contribution in [0.3, 0.4) is 0 Å². The Balaban J connectivity index is 3.42. The lowest BCUT2D eigenvalue weighted by molar-refractivity contribution is 0.500. The molecule has 0 spiro atoms. The molecule has 0 N–H and O–H groups in total. The molecule has 0 bridgehead atoms. The van der Waals surface area contributed by atoms with E-state index in [0.29, 0.717) is 8.95 Å². The highest BCUT2D eigenvalue weighted by atomic mass is 79.9. The first-order valence-corrected chi connectivity index (χ1v) is 5.07. The number of hydrogen-bond acceptors (Lipinski definition) is 0. The topological polar surface area (TPSA) is 0 Å². The second-order valence-electron chi connectivity index (χ2n) is 2.08. The van der Waals surface area contributed by atoms with E-state index in [1.165, 1.54) is 0 Å². The summed E-state index contributed by atoms with van der Waals surface area (Å²) < 4.78 is 26.6. The van der Waals surface area contributed by atoms with Crippen LogP contribution in [0.4, 0.5) is 8.78 Å². The minimum atomic E-state index is -0.903. The Kier molecular flexibility index (Phi) is 3.49. The van der Waals surface area contributed by atoms with Crippen molar-refractivity contribution < 1.29 is 8.78 Å². The molecule has 0 heterocycles. The van der Waals surface area contributed by atoms with Crippen LogP contribution in [0.2, 0.25) is 0 Å². The SMILES string of the molecule is Fc1cc(Br)c(Br)c(CCl)c1F. The molecular weight excluding hydrogens is 317 g/mol. The molecule has 0 aliphatic carbocycles. The van der Waals surface area contributed by atoms with Gasteiger partial charge in [0.25, 0.3) is 0 Å². The zero-order valence-corrected chi connectivity index (χ0v) is 9.60. The van der Waals surface area contributed by atoms with Crippen LogP contribution in [-0.2, 0) is 5.88 Å². The third-order valence-corrected chi connectivity index (χ3v) is 3.67. The van der Waals surface area contributed by atoms with Crippen molar-refractivity contribution in [1.29, 1.82) is 0 Å². The second kappa shape index (κ2) is 4.03. The van der Waals surface area contributed by atoms with Crippen molar-refractivity contribution in [2.45, 2.75) is 5.88 Å². The van der Waals surface area contributed by atoms with E-state index >= 15 is 0 Å². The molecule has 0 aliphatic rings. The molecule has 0 unspecified atom stereocenters. The van der Waals surface area contributed by atoms with Gasteiger partial charge in [0.2, 0.25) is 0 Å². The smallest absolute Gasteiger partial charge is 0.164 e. The minimum absolute atomic E-state index is 0.0667. The number of halogens is 5. The molecule has 1 aromatic rings. The minimum Gasteiger partial charge on any atom is -0.204 e. The fourth-order valence-electron chi connectivity index (χ4n) is 0.740. The summed E-state index contributed by atoms with van der Waals surface area (Å²) in [5.41, 5.74) is 0.128. The molecule has 0 aromatic heterocycles. The van der Waals surface area contributed by atoms with Crippen molar-refractivity contribution >= 4 is 43.5 Å². The quantitative estimate of drug-likeness (QED) is 0.537. The van der Waals surface area contributed by atoms with E-state index in [4.69, 9.17) is 11.6 Å². The predicted octanol–water partition coefficient (Wildman–Crippen LogP) is 4.23. The van der Waals surface area contributed by atoms with Crippen LogP contribution in [-0.4, -0.2) is 0 Å².